The number of nitriles is 1. The highest BCUT2D eigenvalue weighted by Gasteiger charge is 2.16. The fourth-order valence-corrected chi connectivity index (χ4v) is 1.67. The van der Waals surface area contributed by atoms with E-state index in [1.54, 1.807) is 12.2 Å². The van der Waals surface area contributed by atoms with E-state index in [1.165, 1.54) is 4.68 Å². The lowest BCUT2D eigenvalue weighted by Crippen LogP contribution is -2.03. The number of hydrogen-bond acceptors (Lipinski definition) is 4. The summed E-state index contributed by atoms with van der Waals surface area (Å²) in [4.78, 5) is 11.1. The van der Waals surface area contributed by atoms with Gasteiger partial charge in [0, 0.05) is 0 Å². The van der Waals surface area contributed by atoms with Gasteiger partial charge in [-0.2, -0.15) is 5.26 Å². The third-order valence-electron chi connectivity index (χ3n) is 2.71. The predicted octanol–water partition coefficient (Wildman–Crippen LogP) is 1.98. The average molecular weight is 268 g/mol. The molecule has 100 valence electrons. The Labute approximate surface area is 115 Å². The first-order valence-electron chi connectivity index (χ1n) is 5.90. The largest absolute Gasteiger partial charge is 0.476 e. The molecule has 2 aromatic rings. The molecule has 0 spiro atoms. The van der Waals surface area contributed by atoms with Crippen LogP contribution in [0.2, 0.25) is 0 Å². The predicted molar refractivity (Wildman–Crippen MR) is 72.7 cm³/mol. The van der Waals surface area contributed by atoms with Gasteiger partial charge in [-0.05, 0) is 18.6 Å². The summed E-state index contributed by atoms with van der Waals surface area (Å²) in [7, 11) is 0. The molecule has 0 amide bonds. The quantitative estimate of drug-likeness (QED) is 0.915. The maximum atomic E-state index is 11.1. The summed E-state index contributed by atoms with van der Waals surface area (Å²) in [6.45, 7) is 1.94. The van der Waals surface area contributed by atoms with Crippen LogP contribution < -0.4 is 0 Å². The standard InChI is InChI=1S/C14H12N4O2/c1-10-2-4-11(5-3-10)6-7-12-13(14(19)20)16-17-18(12)9-8-15/h2-7H,9H2,1H3,(H,19,20)/b7-6+. The van der Waals surface area contributed by atoms with Crippen LogP contribution in [0.3, 0.4) is 0 Å². The molecule has 1 N–H and O–H groups in total. The van der Waals surface area contributed by atoms with Crippen LogP contribution in [0.15, 0.2) is 24.3 Å². The monoisotopic (exact) mass is 268 g/mol. The van der Waals surface area contributed by atoms with Crippen molar-refractivity contribution in [2.45, 2.75) is 13.5 Å². The zero-order chi connectivity index (χ0) is 14.5. The molecule has 1 aromatic carbocycles. The van der Waals surface area contributed by atoms with Gasteiger partial charge in [-0.15, -0.1) is 5.10 Å². The van der Waals surface area contributed by atoms with E-state index in [-0.39, 0.29) is 12.2 Å². The van der Waals surface area contributed by atoms with E-state index in [1.807, 2.05) is 37.3 Å². The Morgan fingerprint density at radius 1 is 1.40 bits per heavy atom. The molecule has 0 saturated carbocycles. The Morgan fingerprint density at radius 2 is 2.10 bits per heavy atom. The highest BCUT2D eigenvalue weighted by molar-refractivity contribution is 5.90. The molecule has 0 aliphatic rings. The number of aryl methyl sites for hydroxylation is 1. The van der Waals surface area contributed by atoms with E-state index < -0.39 is 5.97 Å². The number of rotatable bonds is 4. The fourth-order valence-electron chi connectivity index (χ4n) is 1.67. The molecule has 20 heavy (non-hydrogen) atoms. The first kappa shape index (κ1) is 13.5. The Kier molecular flexibility index (Phi) is 3.91. The number of carbonyl (C=O) groups is 1. The van der Waals surface area contributed by atoms with Crippen LogP contribution in [-0.4, -0.2) is 26.1 Å². The highest BCUT2D eigenvalue weighted by atomic mass is 16.4. The number of aromatic carboxylic acids is 1. The second-order valence-corrected chi connectivity index (χ2v) is 4.19. The molecule has 0 radical (unpaired) electrons. The summed E-state index contributed by atoms with van der Waals surface area (Å²) in [5, 5.41) is 25.0. The van der Waals surface area contributed by atoms with E-state index in [2.05, 4.69) is 10.3 Å². The van der Waals surface area contributed by atoms with Crippen LogP contribution in [0.4, 0.5) is 0 Å². The minimum absolute atomic E-state index is 0.0478. The van der Waals surface area contributed by atoms with Gasteiger partial charge in [0.2, 0.25) is 0 Å². The maximum absolute atomic E-state index is 11.1. The summed E-state index contributed by atoms with van der Waals surface area (Å²) in [5.41, 5.74) is 2.21. The molecular formula is C14H12N4O2. The van der Waals surface area contributed by atoms with Crippen molar-refractivity contribution in [3.05, 3.63) is 46.8 Å². The van der Waals surface area contributed by atoms with Crippen molar-refractivity contribution in [3.63, 3.8) is 0 Å². The third kappa shape index (κ3) is 2.90. The van der Waals surface area contributed by atoms with Crippen LogP contribution in [0, 0.1) is 18.3 Å². The maximum Gasteiger partial charge on any atom is 0.358 e. The van der Waals surface area contributed by atoms with Gasteiger partial charge in [-0.1, -0.05) is 41.1 Å². The fraction of sp³-hybridized carbons (Fsp3) is 0.143. The van der Waals surface area contributed by atoms with Crippen molar-refractivity contribution in [3.8, 4) is 6.07 Å². The lowest BCUT2D eigenvalue weighted by molar-refractivity contribution is 0.0690. The molecule has 0 aliphatic heterocycles. The second kappa shape index (κ2) is 5.80. The minimum atomic E-state index is -1.17. The highest BCUT2D eigenvalue weighted by Crippen LogP contribution is 2.12. The lowest BCUT2D eigenvalue weighted by atomic mass is 10.1. The minimum Gasteiger partial charge on any atom is -0.476 e. The van der Waals surface area contributed by atoms with Gasteiger partial charge in [0.15, 0.2) is 5.69 Å². The third-order valence-corrected chi connectivity index (χ3v) is 2.71. The number of nitrogens with zero attached hydrogens (tertiary/aromatic N) is 4. The normalized spacial score (nSPS) is 10.6. The number of carboxylic acids is 1. The van der Waals surface area contributed by atoms with Crippen molar-refractivity contribution in [2.24, 2.45) is 0 Å². The van der Waals surface area contributed by atoms with Gasteiger partial charge in [0.1, 0.15) is 6.54 Å². The molecule has 0 fully saturated rings. The van der Waals surface area contributed by atoms with Crippen LogP contribution >= 0.6 is 0 Å². The van der Waals surface area contributed by atoms with Crippen molar-refractivity contribution in [1.82, 2.24) is 15.0 Å². The van der Waals surface area contributed by atoms with Crippen molar-refractivity contribution in [2.75, 3.05) is 0 Å². The van der Waals surface area contributed by atoms with Crippen LogP contribution in [0.5, 0.6) is 0 Å². The van der Waals surface area contributed by atoms with Gasteiger partial charge >= 0.3 is 5.97 Å². The van der Waals surface area contributed by atoms with Crippen molar-refractivity contribution < 1.29 is 9.90 Å². The molecule has 0 atom stereocenters. The smallest absolute Gasteiger partial charge is 0.358 e. The summed E-state index contributed by atoms with van der Waals surface area (Å²) < 4.78 is 1.26. The van der Waals surface area contributed by atoms with E-state index >= 15 is 0 Å². The molecule has 0 aliphatic carbocycles. The molecule has 0 unspecified atom stereocenters. The molecule has 1 heterocycles. The second-order valence-electron chi connectivity index (χ2n) is 4.19. The van der Waals surface area contributed by atoms with Gasteiger partial charge < -0.3 is 5.11 Å². The zero-order valence-corrected chi connectivity index (χ0v) is 10.8. The zero-order valence-electron chi connectivity index (χ0n) is 10.8. The summed E-state index contributed by atoms with van der Waals surface area (Å²) in [5.74, 6) is -1.17. The van der Waals surface area contributed by atoms with Crippen LogP contribution in [0.25, 0.3) is 12.2 Å². The SMILES string of the molecule is Cc1ccc(/C=C/c2c(C(=O)O)nnn2CC#N)cc1. The number of carboxylic acid groups (broad SMARTS) is 1. The van der Waals surface area contributed by atoms with E-state index in [0.29, 0.717) is 5.69 Å². The topological polar surface area (TPSA) is 91.8 Å². The van der Waals surface area contributed by atoms with Gasteiger partial charge in [-0.3, -0.25) is 0 Å². The molecule has 1 aromatic heterocycles. The van der Waals surface area contributed by atoms with E-state index in [4.69, 9.17) is 10.4 Å². The van der Waals surface area contributed by atoms with E-state index in [0.717, 1.165) is 11.1 Å². The Bertz CT molecular complexity index is 693. The molecule has 0 bridgehead atoms. The summed E-state index contributed by atoms with van der Waals surface area (Å²) in [6.07, 6.45) is 3.36. The molecule has 6 nitrogen and oxygen atoms in total. The van der Waals surface area contributed by atoms with Crippen molar-refractivity contribution in [1.29, 1.82) is 5.26 Å². The summed E-state index contributed by atoms with van der Waals surface area (Å²) in [6, 6.07) is 9.68. The Morgan fingerprint density at radius 3 is 2.70 bits per heavy atom. The number of benzene rings is 1. The molecule has 6 heteroatoms. The number of hydrogen-bond donors (Lipinski definition) is 1. The number of aromatic nitrogens is 3. The summed E-state index contributed by atoms with van der Waals surface area (Å²) >= 11 is 0. The Balaban J connectivity index is 2.36. The van der Waals surface area contributed by atoms with Gasteiger partial charge in [0.25, 0.3) is 0 Å². The molecule has 2 rings (SSSR count). The Hall–Kier alpha value is -2.94. The van der Waals surface area contributed by atoms with Gasteiger partial charge in [0.05, 0.1) is 11.8 Å². The molecule has 0 saturated heterocycles. The van der Waals surface area contributed by atoms with E-state index in [9.17, 15) is 4.79 Å². The first-order valence-corrected chi connectivity index (χ1v) is 5.90. The molecular weight excluding hydrogens is 256 g/mol. The van der Waals surface area contributed by atoms with Crippen LogP contribution in [0.1, 0.15) is 27.3 Å². The van der Waals surface area contributed by atoms with Crippen LogP contribution in [-0.2, 0) is 6.54 Å². The van der Waals surface area contributed by atoms with Gasteiger partial charge in [-0.25, -0.2) is 9.48 Å². The van der Waals surface area contributed by atoms with Crippen molar-refractivity contribution >= 4 is 18.1 Å². The first-order chi connectivity index (χ1) is 9.61. The lowest BCUT2D eigenvalue weighted by Gasteiger charge is -1.98. The average Bonchev–Trinajstić information content (AvgIpc) is 2.82.